The van der Waals surface area contributed by atoms with Crippen molar-refractivity contribution in [2.24, 2.45) is 0 Å². The van der Waals surface area contributed by atoms with Gasteiger partial charge in [0.25, 0.3) is 0 Å². The van der Waals surface area contributed by atoms with Crippen LogP contribution in [-0.4, -0.2) is 29.1 Å². The normalized spacial score (nSPS) is 11.1. The van der Waals surface area contributed by atoms with Crippen molar-refractivity contribution in [2.75, 3.05) is 7.11 Å². The SMILES string of the molecule is COc1ccccc1C(C)(C)C(=O)NCc1nc(C(=O)O)cs1. The van der Waals surface area contributed by atoms with Crippen LogP contribution in [-0.2, 0) is 16.8 Å². The van der Waals surface area contributed by atoms with Gasteiger partial charge in [-0.2, -0.15) is 0 Å². The lowest BCUT2D eigenvalue weighted by molar-refractivity contribution is -0.125. The van der Waals surface area contributed by atoms with Gasteiger partial charge in [-0.25, -0.2) is 9.78 Å². The Morgan fingerprint density at radius 3 is 2.65 bits per heavy atom. The zero-order valence-corrected chi connectivity index (χ0v) is 13.9. The van der Waals surface area contributed by atoms with E-state index >= 15 is 0 Å². The molecule has 0 aliphatic rings. The predicted molar refractivity (Wildman–Crippen MR) is 86.9 cm³/mol. The molecule has 0 saturated heterocycles. The number of carboxylic acid groups (broad SMARTS) is 1. The zero-order valence-electron chi connectivity index (χ0n) is 13.1. The Bertz CT molecular complexity index is 724. The van der Waals surface area contributed by atoms with Crippen molar-refractivity contribution >= 4 is 23.2 Å². The molecule has 6 nitrogen and oxygen atoms in total. The van der Waals surface area contributed by atoms with E-state index in [2.05, 4.69) is 10.3 Å². The van der Waals surface area contributed by atoms with Crippen molar-refractivity contribution in [2.45, 2.75) is 25.8 Å². The summed E-state index contributed by atoms with van der Waals surface area (Å²) >= 11 is 1.20. The number of amides is 1. The van der Waals surface area contributed by atoms with Crippen LogP contribution < -0.4 is 10.1 Å². The molecule has 2 rings (SSSR count). The number of rotatable bonds is 6. The van der Waals surface area contributed by atoms with Crippen molar-refractivity contribution < 1.29 is 19.4 Å². The minimum Gasteiger partial charge on any atom is -0.496 e. The van der Waals surface area contributed by atoms with E-state index in [1.54, 1.807) is 7.11 Å². The van der Waals surface area contributed by atoms with E-state index in [0.717, 1.165) is 5.56 Å². The number of hydrogen-bond acceptors (Lipinski definition) is 5. The Hall–Kier alpha value is -2.41. The van der Waals surface area contributed by atoms with Crippen LogP contribution in [0.3, 0.4) is 0 Å². The number of nitrogens with one attached hydrogen (secondary N) is 1. The monoisotopic (exact) mass is 334 g/mol. The van der Waals surface area contributed by atoms with Crippen molar-refractivity contribution in [3.63, 3.8) is 0 Å². The quantitative estimate of drug-likeness (QED) is 0.847. The lowest BCUT2D eigenvalue weighted by Crippen LogP contribution is -2.39. The number of nitrogens with zero attached hydrogens (tertiary/aromatic N) is 1. The van der Waals surface area contributed by atoms with Crippen LogP contribution in [0.2, 0.25) is 0 Å². The summed E-state index contributed by atoms with van der Waals surface area (Å²) < 4.78 is 5.32. The van der Waals surface area contributed by atoms with E-state index in [0.29, 0.717) is 10.8 Å². The predicted octanol–water partition coefficient (Wildman–Crippen LogP) is 2.44. The van der Waals surface area contributed by atoms with E-state index in [1.807, 2.05) is 38.1 Å². The van der Waals surface area contributed by atoms with E-state index in [-0.39, 0.29) is 18.1 Å². The highest BCUT2D eigenvalue weighted by atomic mass is 32.1. The Kier molecular flexibility index (Phi) is 5.00. The van der Waals surface area contributed by atoms with Crippen LogP contribution >= 0.6 is 11.3 Å². The van der Waals surface area contributed by atoms with Gasteiger partial charge in [0.2, 0.25) is 5.91 Å². The first-order valence-electron chi connectivity index (χ1n) is 6.95. The zero-order chi connectivity index (χ0) is 17.0. The van der Waals surface area contributed by atoms with Gasteiger partial charge >= 0.3 is 5.97 Å². The van der Waals surface area contributed by atoms with Crippen LogP contribution in [0.4, 0.5) is 0 Å². The van der Waals surface area contributed by atoms with Crippen LogP contribution in [0.25, 0.3) is 0 Å². The molecule has 0 fully saturated rings. The summed E-state index contributed by atoms with van der Waals surface area (Å²) in [5.74, 6) is -0.614. The van der Waals surface area contributed by atoms with Gasteiger partial charge in [0.15, 0.2) is 5.69 Å². The highest BCUT2D eigenvalue weighted by Crippen LogP contribution is 2.31. The maximum Gasteiger partial charge on any atom is 0.355 e. The maximum absolute atomic E-state index is 12.5. The number of thiazole rings is 1. The van der Waals surface area contributed by atoms with E-state index in [1.165, 1.54) is 16.7 Å². The van der Waals surface area contributed by atoms with E-state index < -0.39 is 11.4 Å². The summed E-state index contributed by atoms with van der Waals surface area (Å²) in [5.41, 5.74) is -0.0203. The molecule has 0 saturated carbocycles. The van der Waals surface area contributed by atoms with Gasteiger partial charge in [0, 0.05) is 10.9 Å². The lowest BCUT2D eigenvalue weighted by Gasteiger charge is -2.25. The maximum atomic E-state index is 12.5. The second kappa shape index (κ2) is 6.78. The molecule has 0 aliphatic carbocycles. The third-order valence-electron chi connectivity index (χ3n) is 3.52. The molecule has 23 heavy (non-hydrogen) atoms. The average Bonchev–Trinajstić information content (AvgIpc) is 3.01. The molecule has 0 unspecified atom stereocenters. The summed E-state index contributed by atoms with van der Waals surface area (Å²) in [4.78, 5) is 27.3. The molecule has 0 radical (unpaired) electrons. The molecule has 1 amide bonds. The van der Waals surface area contributed by atoms with Crippen molar-refractivity contribution in [1.29, 1.82) is 0 Å². The minimum atomic E-state index is -1.08. The lowest BCUT2D eigenvalue weighted by atomic mass is 9.83. The fourth-order valence-corrected chi connectivity index (χ4v) is 2.86. The van der Waals surface area contributed by atoms with Crippen LogP contribution in [0.15, 0.2) is 29.6 Å². The number of methoxy groups -OCH3 is 1. The molecule has 1 aromatic heterocycles. The van der Waals surface area contributed by atoms with Crippen LogP contribution in [0, 0.1) is 0 Å². The first-order chi connectivity index (χ1) is 10.9. The van der Waals surface area contributed by atoms with Gasteiger partial charge in [-0.15, -0.1) is 11.3 Å². The molecule has 0 spiro atoms. The van der Waals surface area contributed by atoms with Gasteiger partial charge < -0.3 is 15.2 Å². The number of para-hydroxylation sites is 1. The summed E-state index contributed by atoms with van der Waals surface area (Å²) in [5, 5.41) is 13.7. The second-order valence-electron chi connectivity index (χ2n) is 5.44. The Morgan fingerprint density at radius 1 is 1.35 bits per heavy atom. The fraction of sp³-hybridized carbons (Fsp3) is 0.312. The third-order valence-corrected chi connectivity index (χ3v) is 4.37. The fourth-order valence-electron chi connectivity index (χ4n) is 2.15. The third kappa shape index (κ3) is 3.68. The summed E-state index contributed by atoms with van der Waals surface area (Å²) in [7, 11) is 1.57. The smallest absolute Gasteiger partial charge is 0.355 e. The summed E-state index contributed by atoms with van der Waals surface area (Å²) in [6.07, 6.45) is 0. The number of ether oxygens (including phenoxy) is 1. The summed E-state index contributed by atoms with van der Waals surface area (Å²) in [6, 6.07) is 7.36. The first-order valence-corrected chi connectivity index (χ1v) is 7.83. The van der Waals surface area contributed by atoms with Crippen molar-refractivity contribution in [3.8, 4) is 5.75 Å². The van der Waals surface area contributed by atoms with E-state index in [9.17, 15) is 9.59 Å². The number of carboxylic acids is 1. The van der Waals surface area contributed by atoms with E-state index in [4.69, 9.17) is 9.84 Å². The molecular formula is C16H18N2O4S. The van der Waals surface area contributed by atoms with Crippen molar-refractivity contribution in [3.05, 3.63) is 45.9 Å². The van der Waals surface area contributed by atoms with Crippen LogP contribution in [0.1, 0.15) is 34.9 Å². The second-order valence-corrected chi connectivity index (χ2v) is 6.38. The van der Waals surface area contributed by atoms with Crippen LogP contribution in [0.5, 0.6) is 5.75 Å². The highest BCUT2D eigenvalue weighted by Gasteiger charge is 2.32. The number of benzene rings is 1. The molecule has 2 aromatic rings. The number of aromatic nitrogens is 1. The number of carbonyl (C=O) groups excluding carboxylic acids is 1. The Balaban J connectivity index is 2.10. The molecule has 2 N–H and O–H groups in total. The largest absolute Gasteiger partial charge is 0.496 e. The molecular weight excluding hydrogens is 316 g/mol. The van der Waals surface area contributed by atoms with Gasteiger partial charge in [-0.3, -0.25) is 4.79 Å². The number of carbonyl (C=O) groups is 2. The number of aromatic carboxylic acids is 1. The number of hydrogen-bond donors (Lipinski definition) is 2. The molecule has 0 atom stereocenters. The van der Waals surface area contributed by atoms with Gasteiger partial charge in [0.1, 0.15) is 10.8 Å². The van der Waals surface area contributed by atoms with Gasteiger partial charge in [-0.1, -0.05) is 18.2 Å². The molecule has 0 aliphatic heterocycles. The minimum absolute atomic E-state index is 0.0109. The average molecular weight is 334 g/mol. The molecule has 0 bridgehead atoms. The molecule has 122 valence electrons. The standard InChI is InChI=1S/C16H18N2O4S/c1-16(2,10-6-4-5-7-12(10)22-3)15(21)17-8-13-18-11(9-23-13)14(19)20/h4-7,9H,8H2,1-3H3,(H,17,21)(H,19,20). The van der Waals surface area contributed by atoms with Gasteiger partial charge in [-0.05, 0) is 19.9 Å². The molecule has 7 heteroatoms. The first kappa shape index (κ1) is 17.0. The van der Waals surface area contributed by atoms with Gasteiger partial charge in [0.05, 0.1) is 19.1 Å². The molecule has 1 aromatic carbocycles. The highest BCUT2D eigenvalue weighted by molar-refractivity contribution is 7.09. The van der Waals surface area contributed by atoms with Crippen molar-refractivity contribution in [1.82, 2.24) is 10.3 Å². The Labute approximate surface area is 138 Å². The Morgan fingerprint density at radius 2 is 2.04 bits per heavy atom. The summed E-state index contributed by atoms with van der Waals surface area (Å²) in [6.45, 7) is 3.81. The topological polar surface area (TPSA) is 88.5 Å². The molecule has 1 heterocycles.